The zero-order valence-corrected chi connectivity index (χ0v) is 14.4. The molecule has 0 unspecified atom stereocenters. The molecule has 130 valence electrons. The number of benzene rings is 1. The molecule has 3 rings (SSSR count). The van der Waals surface area contributed by atoms with Gasteiger partial charge in [-0.05, 0) is 56.0 Å². The summed E-state index contributed by atoms with van der Waals surface area (Å²) in [6.07, 6.45) is 5.11. The summed E-state index contributed by atoms with van der Waals surface area (Å²) in [5.41, 5.74) is 1.71. The highest BCUT2D eigenvalue weighted by Crippen LogP contribution is 2.23. The van der Waals surface area contributed by atoms with Gasteiger partial charge in [-0.25, -0.2) is 9.59 Å². The van der Waals surface area contributed by atoms with Crippen LogP contribution in [-0.2, 0) is 16.0 Å². The monoisotopic (exact) mass is 347 g/mol. The van der Waals surface area contributed by atoms with Crippen molar-refractivity contribution in [2.45, 2.75) is 32.6 Å². The van der Waals surface area contributed by atoms with E-state index in [9.17, 15) is 9.59 Å². The minimum atomic E-state index is -0.761. The molecular formula is C21H17NO4. The molecule has 2 aromatic rings. The van der Waals surface area contributed by atoms with Crippen molar-refractivity contribution in [2.24, 2.45) is 0 Å². The first-order valence-corrected chi connectivity index (χ1v) is 8.51. The Morgan fingerprint density at radius 1 is 1.38 bits per heavy atom. The van der Waals surface area contributed by atoms with Crippen LogP contribution in [0.15, 0.2) is 33.0 Å². The van der Waals surface area contributed by atoms with Crippen molar-refractivity contribution >= 4 is 23.0 Å². The second-order valence-corrected chi connectivity index (χ2v) is 5.94. The zero-order valence-electron chi connectivity index (χ0n) is 14.4. The molecule has 0 aliphatic heterocycles. The molecular weight excluding hydrogens is 330 g/mol. The summed E-state index contributed by atoms with van der Waals surface area (Å²) in [7, 11) is 0. The fourth-order valence-electron chi connectivity index (χ4n) is 2.84. The first kappa shape index (κ1) is 17.5. The normalized spacial score (nSPS) is 13.6. The Balaban J connectivity index is 2.11. The third-order valence-corrected chi connectivity index (χ3v) is 4.12. The second-order valence-electron chi connectivity index (χ2n) is 5.94. The Kier molecular flexibility index (Phi) is 5.20. The van der Waals surface area contributed by atoms with Gasteiger partial charge in [0.1, 0.15) is 17.2 Å². The van der Waals surface area contributed by atoms with E-state index in [-0.39, 0.29) is 17.7 Å². The van der Waals surface area contributed by atoms with Crippen LogP contribution in [0.25, 0.3) is 17.0 Å². The lowest BCUT2D eigenvalue weighted by Crippen LogP contribution is -2.09. The largest absolute Gasteiger partial charge is 0.462 e. The molecule has 1 aliphatic rings. The molecule has 1 aliphatic carbocycles. The van der Waals surface area contributed by atoms with Gasteiger partial charge in [0.15, 0.2) is 0 Å². The van der Waals surface area contributed by atoms with Crippen molar-refractivity contribution in [3.8, 4) is 17.9 Å². The van der Waals surface area contributed by atoms with Crippen LogP contribution >= 0.6 is 0 Å². The molecule has 0 saturated carbocycles. The number of carbonyl (C=O) groups is 1. The van der Waals surface area contributed by atoms with E-state index >= 15 is 0 Å². The standard InChI is InChI=1S/C21H17NO4/c1-2-25-20(23)18(13-22)11-17-10-16-9-14-7-5-3-4-6-8-15(14)12-19(16)26-21(17)24/h9-12H,2-5,7H2,1H3. The summed E-state index contributed by atoms with van der Waals surface area (Å²) in [6.45, 7) is 1.80. The number of ether oxygens (including phenoxy) is 1. The van der Waals surface area contributed by atoms with Crippen LogP contribution in [0.1, 0.15) is 42.9 Å². The summed E-state index contributed by atoms with van der Waals surface area (Å²) in [4.78, 5) is 24.0. The van der Waals surface area contributed by atoms with Gasteiger partial charge in [-0.2, -0.15) is 5.26 Å². The minimum absolute atomic E-state index is 0.138. The molecule has 0 atom stereocenters. The van der Waals surface area contributed by atoms with E-state index in [1.54, 1.807) is 25.1 Å². The predicted molar refractivity (Wildman–Crippen MR) is 97.1 cm³/mol. The van der Waals surface area contributed by atoms with E-state index in [0.717, 1.165) is 42.2 Å². The van der Waals surface area contributed by atoms with Gasteiger partial charge in [-0.1, -0.05) is 11.8 Å². The Hall–Kier alpha value is -3.31. The third kappa shape index (κ3) is 3.68. The number of hydrogen-bond donors (Lipinski definition) is 0. The molecule has 1 heterocycles. The van der Waals surface area contributed by atoms with E-state index in [1.807, 2.05) is 6.07 Å². The van der Waals surface area contributed by atoms with Crippen LogP contribution in [0, 0.1) is 23.2 Å². The number of esters is 1. The number of hydrogen-bond acceptors (Lipinski definition) is 5. The van der Waals surface area contributed by atoms with Crippen molar-refractivity contribution in [2.75, 3.05) is 6.61 Å². The number of aryl methyl sites for hydroxylation is 1. The van der Waals surface area contributed by atoms with Crippen molar-refractivity contribution in [3.63, 3.8) is 0 Å². The maximum Gasteiger partial charge on any atom is 0.348 e. The molecule has 0 fully saturated rings. The van der Waals surface area contributed by atoms with Crippen molar-refractivity contribution in [1.29, 1.82) is 5.26 Å². The molecule has 26 heavy (non-hydrogen) atoms. The van der Waals surface area contributed by atoms with Gasteiger partial charge >= 0.3 is 11.6 Å². The van der Waals surface area contributed by atoms with Crippen LogP contribution in [0.4, 0.5) is 0 Å². The van der Waals surface area contributed by atoms with Crippen LogP contribution in [-0.4, -0.2) is 12.6 Å². The summed E-state index contributed by atoms with van der Waals surface area (Å²) in [6, 6.07) is 7.14. The quantitative estimate of drug-likeness (QED) is 0.280. The summed E-state index contributed by atoms with van der Waals surface area (Å²) < 4.78 is 10.2. The molecule has 5 nitrogen and oxygen atoms in total. The average Bonchev–Trinajstić information content (AvgIpc) is 2.60. The highest BCUT2D eigenvalue weighted by molar-refractivity contribution is 5.98. The molecule has 1 aromatic carbocycles. The zero-order chi connectivity index (χ0) is 18.5. The predicted octanol–water partition coefficient (Wildman–Crippen LogP) is 3.34. The van der Waals surface area contributed by atoms with Crippen LogP contribution in [0.2, 0.25) is 0 Å². The van der Waals surface area contributed by atoms with E-state index in [2.05, 4.69) is 11.8 Å². The van der Waals surface area contributed by atoms with Gasteiger partial charge in [0.25, 0.3) is 0 Å². The number of nitrogens with zero attached hydrogens (tertiary/aromatic N) is 1. The fraction of sp³-hybridized carbons (Fsp3) is 0.286. The van der Waals surface area contributed by atoms with E-state index in [1.165, 1.54) is 6.08 Å². The lowest BCUT2D eigenvalue weighted by Gasteiger charge is -2.09. The van der Waals surface area contributed by atoms with Gasteiger partial charge in [0, 0.05) is 17.4 Å². The highest BCUT2D eigenvalue weighted by Gasteiger charge is 2.13. The smallest absolute Gasteiger partial charge is 0.348 e. The minimum Gasteiger partial charge on any atom is -0.462 e. The topological polar surface area (TPSA) is 80.3 Å². The second kappa shape index (κ2) is 7.72. The number of nitriles is 1. The van der Waals surface area contributed by atoms with Crippen LogP contribution < -0.4 is 5.63 Å². The van der Waals surface area contributed by atoms with Gasteiger partial charge in [-0.3, -0.25) is 0 Å². The van der Waals surface area contributed by atoms with Gasteiger partial charge in [0.2, 0.25) is 0 Å². The molecule has 0 radical (unpaired) electrons. The Labute approximate surface area is 150 Å². The van der Waals surface area contributed by atoms with Crippen molar-refractivity contribution < 1.29 is 13.9 Å². The first-order chi connectivity index (χ1) is 12.6. The van der Waals surface area contributed by atoms with Crippen LogP contribution in [0.5, 0.6) is 0 Å². The number of fused-ring (bicyclic) bond motifs is 2. The Bertz CT molecular complexity index is 1060. The van der Waals surface area contributed by atoms with Gasteiger partial charge in [-0.15, -0.1) is 0 Å². The summed E-state index contributed by atoms with van der Waals surface area (Å²) in [5.74, 6) is 5.50. The molecule has 0 amide bonds. The molecule has 0 spiro atoms. The maximum atomic E-state index is 12.2. The average molecular weight is 347 g/mol. The lowest BCUT2D eigenvalue weighted by atomic mass is 9.97. The van der Waals surface area contributed by atoms with Crippen molar-refractivity contribution in [3.05, 3.63) is 50.9 Å². The van der Waals surface area contributed by atoms with E-state index in [0.29, 0.717) is 5.58 Å². The summed E-state index contributed by atoms with van der Waals surface area (Å²) >= 11 is 0. The molecule has 0 bridgehead atoms. The van der Waals surface area contributed by atoms with Gasteiger partial charge in [0.05, 0.1) is 12.2 Å². The highest BCUT2D eigenvalue weighted by atomic mass is 16.5. The maximum absolute atomic E-state index is 12.2. The first-order valence-electron chi connectivity index (χ1n) is 8.51. The molecule has 5 heteroatoms. The molecule has 0 saturated heterocycles. The Morgan fingerprint density at radius 3 is 3.00 bits per heavy atom. The Morgan fingerprint density at radius 2 is 2.23 bits per heavy atom. The molecule has 0 N–H and O–H groups in total. The lowest BCUT2D eigenvalue weighted by molar-refractivity contribution is -0.137. The SMILES string of the molecule is CCOC(=O)C(C#N)=Cc1cc2cc3c(cc2oc1=O)C#CCCCC3. The fourth-order valence-corrected chi connectivity index (χ4v) is 2.84. The van der Waals surface area contributed by atoms with Crippen molar-refractivity contribution in [1.82, 2.24) is 0 Å². The van der Waals surface area contributed by atoms with E-state index in [4.69, 9.17) is 14.4 Å². The van der Waals surface area contributed by atoms with Crippen LogP contribution in [0.3, 0.4) is 0 Å². The third-order valence-electron chi connectivity index (χ3n) is 4.12. The number of rotatable bonds is 3. The summed E-state index contributed by atoms with van der Waals surface area (Å²) in [5, 5.41) is 9.87. The van der Waals surface area contributed by atoms with E-state index < -0.39 is 11.6 Å². The number of carbonyl (C=O) groups excluding carboxylic acids is 1. The van der Waals surface area contributed by atoms with Gasteiger partial charge < -0.3 is 9.15 Å². The molecule has 1 aromatic heterocycles.